The Balaban J connectivity index is 2.21. The molecule has 0 aliphatic rings. The highest BCUT2D eigenvalue weighted by Gasteiger charge is 2.13. The topological polar surface area (TPSA) is 12.9 Å². The Morgan fingerprint density at radius 1 is 1.12 bits per heavy atom. The van der Waals surface area contributed by atoms with Gasteiger partial charge in [-0.3, -0.25) is 0 Å². The minimum Gasteiger partial charge on any atom is -0.244 e. The van der Waals surface area contributed by atoms with E-state index in [1.807, 2.05) is 12.3 Å². The summed E-state index contributed by atoms with van der Waals surface area (Å²) in [5.74, 6) is 0. The number of hydrogen-bond acceptors (Lipinski definition) is 2. The van der Waals surface area contributed by atoms with Gasteiger partial charge in [-0.2, -0.15) is 0 Å². The van der Waals surface area contributed by atoms with Crippen molar-refractivity contribution in [3.8, 4) is 10.6 Å². The Hall–Kier alpha value is -1.15. The van der Waals surface area contributed by atoms with Crippen molar-refractivity contribution in [1.82, 2.24) is 4.98 Å². The predicted octanol–water partition coefficient (Wildman–Crippen LogP) is 4.40. The van der Waals surface area contributed by atoms with Crippen LogP contribution in [0.2, 0.25) is 0 Å². The molecule has 16 heavy (non-hydrogen) atoms. The van der Waals surface area contributed by atoms with Gasteiger partial charge >= 0.3 is 0 Å². The van der Waals surface area contributed by atoms with Crippen LogP contribution in [0.3, 0.4) is 0 Å². The van der Waals surface area contributed by atoms with Gasteiger partial charge in [-0.15, -0.1) is 11.3 Å². The van der Waals surface area contributed by atoms with Gasteiger partial charge in [0.2, 0.25) is 0 Å². The van der Waals surface area contributed by atoms with Crippen LogP contribution in [-0.2, 0) is 6.42 Å². The van der Waals surface area contributed by atoms with Gasteiger partial charge in [0.25, 0.3) is 0 Å². The minimum atomic E-state index is 0.334. The standard InChI is InChI=1S/C14H17NS/c1-14(2,3)9-12-10-15-13(16-12)11-7-5-4-6-8-11/h4-8,10H,9H2,1-3H3. The predicted molar refractivity (Wildman–Crippen MR) is 70.7 cm³/mol. The van der Waals surface area contributed by atoms with Crippen LogP contribution in [0.25, 0.3) is 10.6 Å². The summed E-state index contributed by atoms with van der Waals surface area (Å²) in [5, 5.41) is 1.12. The molecular weight excluding hydrogens is 214 g/mol. The number of rotatable bonds is 2. The van der Waals surface area contributed by atoms with Gasteiger partial charge < -0.3 is 0 Å². The molecule has 1 nitrogen and oxygen atoms in total. The molecule has 2 heteroatoms. The summed E-state index contributed by atoms with van der Waals surface area (Å²) in [6.45, 7) is 6.78. The van der Waals surface area contributed by atoms with Crippen LogP contribution in [0.15, 0.2) is 36.5 Å². The Bertz CT molecular complexity index is 451. The second-order valence-electron chi connectivity index (χ2n) is 5.24. The van der Waals surface area contributed by atoms with Crippen molar-refractivity contribution in [2.24, 2.45) is 5.41 Å². The molecule has 1 aromatic heterocycles. The van der Waals surface area contributed by atoms with Gasteiger partial charge in [0.1, 0.15) is 5.01 Å². The van der Waals surface area contributed by atoms with Crippen LogP contribution in [0.4, 0.5) is 0 Å². The number of aromatic nitrogens is 1. The molecule has 2 aromatic rings. The van der Waals surface area contributed by atoms with Crippen LogP contribution < -0.4 is 0 Å². The van der Waals surface area contributed by atoms with E-state index in [9.17, 15) is 0 Å². The van der Waals surface area contributed by atoms with Crippen molar-refractivity contribution in [2.75, 3.05) is 0 Å². The van der Waals surface area contributed by atoms with E-state index in [1.54, 1.807) is 11.3 Å². The highest BCUT2D eigenvalue weighted by Crippen LogP contribution is 2.29. The molecule has 0 unspecified atom stereocenters. The molecule has 2 rings (SSSR count). The quantitative estimate of drug-likeness (QED) is 0.746. The first-order valence-corrected chi connectivity index (χ1v) is 6.36. The van der Waals surface area contributed by atoms with Crippen molar-refractivity contribution in [2.45, 2.75) is 27.2 Å². The minimum absolute atomic E-state index is 0.334. The first kappa shape index (κ1) is 11.3. The summed E-state index contributed by atoms with van der Waals surface area (Å²) in [4.78, 5) is 5.86. The second-order valence-corrected chi connectivity index (χ2v) is 6.35. The molecule has 0 fully saturated rings. The largest absolute Gasteiger partial charge is 0.244 e. The third kappa shape index (κ3) is 2.92. The Morgan fingerprint density at radius 3 is 2.44 bits per heavy atom. The molecule has 1 heterocycles. The van der Waals surface area contributed by atoms with Crippen molar-refractivity contribution in [3.63, 3.8) is 0 Å². The van der Waals surface area contributed by atoms with Crippen LogP contribution >= 0.6 is 11.3 Å². The first-order chi connectivity index (χ1) is 7.54. The molecule has 0 N–H and O–H groups in total. The van der Waals surface area contributed by atoms with Crippen LogP contribution in [0, 0.1) is 5.41 Å². The van der Waals surface area contributed by atoms with Crippen LogP contribution in [-0.4, -0.2) is 4.98 Å². The molecular formula is C14H17NS. The lowest BCUT2D eigenvalue weighted by Crippen LogP contribution is -2.07. The molecule has 0 radical (unpaired) electrons. The molecule has 84 valence electrons. The molecule has 0 bridgehead atoms. The molecule has 0 spiro atoms. The summed E-state index contributed by atoms with van der Waals surface area (Å²) in [5.41, 5.74) is 1.55. The number of hydrogen-bond donors (Lipinski definition) is 0. The maximum atomic E-state index is 4.49. The lowest BCUT2D eigenvalue weighted by atomic mass is 9.92. The number of benzene rings is 1. The monoisotopic (exact) mass is 231 g/mol. The first-order valence-electron chi connectivity index (χ1n) is 5.55. The Kier molecular flexibility index (Phi) is 3.10. The van der Waals surface area contributed by atoms with Crippen molar-refractivity contribution >= 4 is 11.3 Å². The molecule has 0 amide bonds. The summed E-state index contributed by atoms with van der Waals surface area (Å²) in [6, 6.07) is 10.4. The van der Waals surface area contributed by atoms with E-state index in [1.165, 1.54) is 10.4 Å². The van der Waals surface area contributed by atoms with Gasteiger partial charge in [-0.1, -0.05) is 51.1 Å². The van der Waals surface area contributed by atoms with Crippen LogP contribution in [0.5, 0.6) is 0 Å². The average molecular weight is 231 g/mol. The fourth-order valence-electron chi connectivity index (χ4n) is 1.63. The maximum Gasteiger partial charge on any atom is 0.123 e. The van der Waals surface area contributed by atoms with Gasteiger partial charge in [-0.25, -0.2) is 4.98 Å². The highest BCUT2D eigenvalue weighted by atomic mass is 32.1. The average Bonchev–Trinajstić information content (AvgIpc) is 2.65. The van der Waals surface area contributed by atoms with E-state index in [0.29, 0.717) is 5.41 Å². The van der Waals surface area contributed by atoms with Gasteiger partial charge in [0.05, 0.1) is 0 Å². The number of thiazole rings is 1. The van der Waals surface area contributed by atoms with Crippen molar-refractivity contribution in [3.05, 3.63) is 41.4 Å². The molecule has 0 saturated carbocycles. The van der Waals surface area contributed by atoms with Gasteiger partial charge in [0.15, 0.2) is 0 Å². The molecule has 0 aliphatic heterocycles. The Morgan fingerprint density at radius 2 is 1.81 bits per heavy atom. The van der Waals surface area contributed by atoms with E-state index >= 15 is 0 Å². The zero-order valence-electron chi connectivity index (χ0n) is 10.0. The molecule has 0 saturated heterocycles. The van der Waals surface area contributed by atoms with Crippen molar-refractivity contribution in [1.29, 1.82) is 0 Å². The lowest BCUT2D eigenvalue weighted by Gasteiger charge is -2.15. The van der Waals surface area contributed by atoms with Gasteiger partial charge in [0, 0.05) is 16.6 Å². The van der Waals surface area contributed by atoms with E-state index in [0.717, 1.165) is 11.4 Å². The lowest BCUT2D eigenvalue weighted by molar-refractivity contribution is 0.414. The zero-order valence-corrected chi connectivity index (χ0v) is 10.8. The second kappa shape index (κ2) is 4.38. The van der Waals surface area contributed by atoms with Gasteiger partial charge in [-0.05, 0) is 11.8 Å². The SMILES string of the molecule is CC(C)(C)Cc1cnc(-c2ccccc2)s1. The third-order valence-electron chi connectivity index (χ3n) is 2.28. The molecule has 0 atom stereocenters. The molecule has 1 aromatic carbocycles. The summed E-state index contributed by atoms with van der Waals surface area (Å²) in [7, 11) is 0. The van der Waals surface area contributed by atoms with Crippen molar-refractivity contribution < 1.29 is 0 Å². The maximum absolute atomic E-state index is 4.49. The number of nitrogens with zero attached hydrogens (tertiary/aromatic N) is 1. The van der Waals surface area contributed by atoms with E-state index in [4.69, 9.17) is 0 Å². The van der Waals surface area contributed by atoms with E-state index < -0.39 is 0 Å². The normalized spacial score (nSPS) is 11.7. The van der Waals surface area contributed by atoms with E-state index in [2.05, 4.69) is 50.0 Å². The zero-order chi connectivity index (χ0) is 11.6. The summed E-state index contributed by atoms with van der Waals surface area (Å²) in [6.07, 6.45) is 3.11. The van der Waals surface area contributed by atoms with Crippen LogP contribution in [0.1, 0.15) is 25.6 Å². The smallest absolute Gasteiger partial charge is 0.123 e. The Labute approximate surface area is 101 Å². The third-order valence-corrected chi connectivity index (χ3v) is 3.33. The summed E-state index contributed by atoms with van der Waals surface area (Å²) >= 11 is 1.80. The van der Waals surface area contributed by atoms with E-state index in [-0.39, 0.29) is 0 Å². The molecule has 0 aliphatic carbocycles. The fraction of sp³-hybridized carbons (Fsp3) is 0.357. The fourth-order valence-corrected chi connectivity index (χ4v) is 2.84. The highest BCUT2D eigenvalue weighted by molar-refractivity contribution is 7.15. The summed E-state index contributed by atoms with van der Waals surface area (Å²) < 4.78 is 0.